The zero-order valence-corrected chi connectivity index (χ0v) is 18.8. The summed E-state index contributed by atoms with van der Waals surface area (Å²) in [6.07, 6.45) is 3.33. The van der Waals surface area contributed by atoms with Crippen LogP contribution in [0.2, 0.25) is 5.02 Å². The van der Waals surface area contributed by atoms with Gasteiger partial charge in [-0.2, -0.15) is 5.10 Å². The number of benzene rings is 2. The molecule has 4 rings (SSSR count). The third-order valence-electron chi connectivity index (χ3n) is 5.63. The number of morpholine rings is 1. The molecule has 1 atom stereocenters. The molecular weight excluding hydrogens is 428 g/mol. The molecule has 0 aliphatic carbocycles. The lowest BCUT2D eigenvalue weighted by molar-refractivity contribution is 0.0162. The number of rotatable bonds is 8. The fraction of sp³-hybridized carbons (Fsp3) is 0.333. The van der Waals surface area contributed by atoms with Crippen LogP contribution in [0.15, 0.2) is 60.9 Å². The maximum atomic E-state index is 12.8. The van der Waals surface area contributed by atoms with E-state index in [-0.39, 0.29) is 11.9 Å². The van der Waals surface area contributed by atoms with Crippen LogP contribution in [0.4, 0.5) is 0 Å². The molecular formula is C24H27ClN4O3. The first-order valence-corrected chi connectivity index (χ1v) is 11.0. The van der Waals surface area contributed by atoms with Crippen LogP contribution in [0.25, 0.3) is 0 Å². The van der Waals surface area contributed by atoms with Crippen molar-refractivity contribution in [2.24, 2.45) is 0 Å². The van der Waals surface area contributed by atoms with Crippen molar-refractivity contribution in [1.29, 1.82) is 0 Å². The van der Waals surface area contributed by atoms with E-state index in [0.717, 1.165) is 30.0 Å². The van der Waals surface area contributed by atoms with Crippen LogP contribution >= 0.6 is 11.6 Å². The molecule has 1 amide bonds. The van der Waals surface area contributed by atoms with Gasteiger partial charge in [-0.25, -0.2) is 0 Å². The number of amides is 1. The Hall–Kier alpha value is -2.87. The van der Waals surface area contributed by atoms with Crippen molar-refractivity contribution in [3.63, 3.8) is 0 Å². The van der Waals surface area contributed by atoms with Gasteiger partial charge < -0.3 is 14.8 Å². The molecule has 2 aromatic carbocycles. The highest BCUT2D eigenvalue weighted by Crippen LogP contribution is 2.24. The molecule has 7 nitrogen and oxygen atoms in total. The summed E-state index contributed by atoms with van der Waals surface area (Å²) in [4.78, 5) is 15.2. The fourth-order valence-corrected chi connectivity index (χ4v) is 4.03. The van der Waals surface area contributed by atoms with Crippen molar-refractivity contribution in [1.82, 2.24) is 20.0 Å². The lowest BCUT2D eigenvalue weighted by Crippen LogP contribution is -2.43. The zero-order chi connectivity index (χ0) is 22.3. The Labute approximate surface area is 192 Å². The molecule has 0 spiro atoms. The molecule has 8 heteroatoms. The van der Waals surface area contributed by atoms with Gasteiger partial charge in [-0.15, -0.1) is 0 Å². The Bertz CT molecular complexity index is 1030. The van der Waals surface area contributed by atoms with E-state index >= 15 is 0 Å². The average Bonchev–Trinajstić information content (AvgIpc) is 3.30. The number of hydrogen-bond donors (Lipinski definition) is 1. The summed E-state index contributed by atoms with van der Waals surface area (Å²) in [5.74, 6) is 0.659. The molecule has 0 bridgehead atoms. The summed E-state index contributed by atoms with van der Waals surface area (Å²) in [7, 11) is 1.65. The van der Waals surface area contributed by atoms with Gasteiger partial charge in [0.25, 0.3) is 5.91 Å². The third-order valence-corrected chi connectivity index (χ3v) is 6.00. The van der Waals surface area contributed by atoms with Gasteiger partial charge in [-0.1, -0.05) is 41.9 Å². The first kappa shape index (κ1) is 22.3. The van der Waals surface area contributed by atoms with Crippen molar-refractivity contribution in [3.05, 3.63) is 82.6 Å². The number of carbonyl (C=O) groups excluding carboxylic acids is 1. The number of carbonyl (C=O) groups is 1. The Morgan fingerprint density at radius 1 is 1.19 bits per heavy atom. The first-order valence-electron chi connectivity index (χ1n) is 10.6. The summed E-state index contributed by atoms with van der Waals surface area (Å²) in [5.41, 5.74) is 2.60. The predicted molar refractivity (Wildman–Crippen MR) is 123 cm³/mol. The number of halogens is 1. The Kier molecular flexibility index (Phi) is 7.42. The van der Waals surface area contributed by atoms with Crippen LogP contribution in [0.1, 0.15) is 27.5 Å². The Morgan fingerprint density at radius 3 is 2.66 bits per heavy atom. The number of ether oxygens (including phenoxy) is 2. The van der Waals surface area contributed by atoms with Crippen LogP contribution < -0.4 is 10.1 Å². The highest BCUT2D eigenvalue weighted by Gasteiger charge is 2.23. The highest BCUT2D eigenvalue weighted by molar-refractivity contribution is 6.31. The van der Waals surface area contributed by atoms with Crippen LogP contribution in [0.3, 0.4) is 0 Å². The second-order valence-electron chi connectivity index (χ2n) is 7.67. The van der Waals surface area contributed by atoms with E-state index in [1.165, 1.54) is 0 Å². The molecule has 2 heterocycles. The van der Waals surface area contributed by atoms with Gasteiger partial charge in [0, 0.05) is 30.9 Å². The van der Waals surface area contributed by atoms with Gasteiger partial charge in [0.15, 0.2) is 0 Å². The maximum absolute atomic E-state index is 12.8. The topological polar surface area (TPSA) is 68.6 Å². The molecule has 1 unspecified atom stereocenters. The molecule has 1 aliphatic heterocycles. The van der Waals surface area contributed by atoms with Crippen molar-refractivity contribution >= 4 is 17.5 Å². The number of methoxy groups -OCH3 is 1. The number of hydrogen-bond acceptors (Lipinski definition) is 5. The van der Waals surface area contributed by atoms with Gasteiger partial charge in [-0.3, -0.25) is 14.4 Å². The lowest BCUT2D eigenvalue weighted by Gasteiger charge is -2.35. The van der Waals surface area contributed by atoms with Gasteiger partial charge in [0.2, 0.25) is 0 Å². The number of nitrogens with zero attached hydrogens (tertiary/aromatic N) is 3. The minimum absolute atomic E-state index is 0.0481. The van der Waals surface area contributed by atoms with Gasteiger partial charge in [-0.05, 0) is 29.3 Å². The zero-order valence-electron chi connectivity index (χ0n) is 18.0. The van der Waals surface area contributed by atoms with E-state index in [2.05, 4.69) is 15.3 Å². The molecule has 1 N–H and O–H groups in total. The van der Waals surface area contributed by atoms with E-state index in [1.54, 1.807) is 24.2 Å². The minimum Gasteiger partial charge on any atom is -0.497 e. The molecule has 0 radical (unpaired) electrons. The molecule has 168 valence electrons. The van der Waals surface area contributed by atoms with Gasteiger partial charge >= 0.3 is 0 Å². The molecule has 3 aromatic rings. The summed E-state index contributed by atoms with van der Waals surface area (Å²) in [6.45, 7) is 4.02. The minimum atomic E-state index is -0.151. The maximum Gasteiger partial charge on any atom is 0.254 e. The van der Waals surface area contributed by atoms with Crippen LogP contribution in [0.5, 0.6) is 5.75 Å². The quantitative estimate of drug-likeness (QED) is 0.565. The molecule has 1 aromatic heterocycles. The highest BCUT2D eigenvalue weighted by atomic mass is 35.5. The van der Waals surface area contributed by atoms with Crippen molar-refractivity contribution < 1.29 is 14.3 Å². The SMILES string of the molecule is COc1ccc(C(CNC(=O)c2cnn(Cc3ccccc3Cl)c2)N2CCOCC2)cc1. The van der Waals surface area contributed by atoms with E-state index in [0.29, 0.717) is 36.9 Å². The van der Waals surface area contributed by atoms with E-state index in [4.69, 9.17) is 21.1 Å². The van der Waals surface area contributed by atoms with Gasteiger partial charge in [0.1, 0.15) is 5.75 Å². The average molecular weight is 455 g/mol. The molecule has 1 aliphatic rings. The van der Waals surface area contributed by atoms with Gasteiger partial charge in [0.05, 0.1) is 44.7 Å². The Morgan fingerprint density at radius 2 is 1.94 bits per heavy atom. The summed E-state index contributed by atoms with van der Waals surface area (Å²) < 4.78 is 12.5. The summed E-state index contributed by atoms with van der Waals surface area (Å²) in [6, 6.07) is 15.7. The summed E-state index contributed by atoms with van der Waals surface area (Å²) >= 11 is 6.24. The van der Waals surface area contributed by atoms with E-state index in [9.17, 15) is 4.79 Å². The van der Waals surface area contributed by atoms with E-state index < -0.39 is 0 Å². The van der Waals surface area contributed by atoms with Crippen molar-refractivity contribution in [2.45, 2.75) is 12.6 Å². The third kappa shape index (κ3) is 5.48. The summed E-state index contributed by atoms with van der Waals surface area (Å²) in [5, 5.41) is 8.09. The smallest absolute Gasteiger partial charge is 0.254 e. The Balaban J connectivity index is 1.42. The molecule has 1 fully saturated rings. The molecule has 0 saturated carbocycles. The number of aromatic nitrogens is 2. The van der Waals surface area contributed by atoms with E-state index in [1.807, 2.05) is 48.5 Å². The lowest BCUT2D eigenvalue weighted by atomic mass is 10.0. The standard InChI is InChI=1S/C24H27ClN4O3/c1-31-21-8-6-18(7-9-21)23(28-10-12-32-13-11-28)15-26-24(30)20-14-27-29(17-20)16-19-4-2-3-5-22(19)25/h2-9,14,17,23H,10-13,15-16H2,1H3,(H,26,30). The van der Waals surface area contributed by atoms with Crippen molar-refractivity contribution in [2.75, 3.05) is 40.0 Å². The van der Waals surface area contributed by atoms with Crippen LogP contribution in [0, 0.1) is 0 Å². The van der Waals surface area contributed by atoms with Crippen LogP contribution in [-0.4, -0.2) is 60.5 Å². The fourth-order valence-electron chi connectivity index (χ4n) is 3.83. The normalized spacial score (nSPS) is 15.3. The molecule has 32 heavy (non-hydrogen) atoms. The first-order chi connectivity index (χ1) is 15.6. The number of nitrogens with one attached hydrogen (secondary N) is 1. The largest absolute Gasteiger partial charge is 0.497 e. The second kappa shape index (κ2) is 10.6. The van der Waals surface area contributed by atoms with Crippen molar-refractivity contribution in [3.8, 4) is 5.75 Å². The van der Waals surface area contributed by atoms with Crippen LogP contribution in [-0.2, 0) is 11.3 Å². The predicted octanol–water partition coefficient (Wildman–Crippen LogP) is 3.40. The monoisotopic (exact) mass is 454 g/mol. The molecule has 1 saturated heterocycles. The second-order valence-corrected chi connectivity index (χ2v) is 8.07.